The second-order valence-corrected chi connectivity index (χ2v) is 2.30. The van der Waals surface area contributed by atoms with Crippen molar-refractivity contribution in [2.45, 2.75) is 13.3 Å². The molecule has 8 heavy (non-hydrogen) atoms. The number of nitrogens with one attached hydrogen (secondary N) is 1. The smallest absolute Gasteiger partial charge is 0.134 e. The Morgan fingerprint density at radius 2 is 2.50 bits per heavy atom. The Morgan fingerprint density at radius 3 is 2.75 bits per heavy atom. The Bertz CT molecular complexity index is 94.7. The Hall–Kier alpha value is -0.370. The third-order valence-corrected chi connectivity index (χ3v) is 1.64. The molecule has 0 unspecified atom stereocenters. The van der Waals surface area contributed by atoms with Gasteiger partial charge in [-0.15, -0.1) is 0 Å². The van der Waals surface area contributed by atoms with Crippen LogP contribution in [0.5, 0.6) is 0 Å². The van der Waals surface area contributed by atoms with Gasteiger partial charge in [-0.1, -0.05) is 0 Å². The molecule has 0 aromatic carbocycles. The minimum Gasteiger partial charge on any atom is -0.316 e. The van der Waals surface area contributed by atoms with E-state index in [0.29, 0.717) is 11.7 Å². The lowest BCUT2D eigenvalue weighted by atomic mass is 10.1. The van der Waals surface area contributed by atoms with Crippen molar-refractivity contribution in [1.29, 1.82) is 0 Å². The molecule has 0 aromatic heterocycles. The van der Waals surface area contributed by atoms with Crippen LogP contribution < -0.4 is 5.32 Å². The molecule has 0 aliphatic carbocycles. The lowest BCUT2D eigenvalue weighted by molar-refractivity contribution is -0.120. The van der Waals surface area contributed by atoms with E-state index >= 15 is 0 Å². The van der Waals surface area contributed by atoms with Crippen molar-refractivity contribution >= 4 is 5.78 Å². The van der Waals surface area contributed by atoms with Gasteiger partial charge in [0.15, 0.2) is 0 Å². The van der Waals surface area contributed by atoms with E-state index in [0.717, 1.165) is 19.5 Å². The molecule has 0 radical (unpaired) electrons. The van der Waals surface area contributed by atoms with E-state index in [1.165, 1.54) is 0 Å². The van der Waals surface area contributed by atoms with Gasteiger partial charge in [-0.25, -0.2) is 0 Å². The summed E-state index contributed by atoms with van der Waals surface area (Å²) in [6.07, 6.45) is 1.04. The number of carbonyl (C=O) groups excluding carboxylic acids is 1. The largest absolute Gasteiger partial charge is 0.316 e. The molecule has 0 bridgehead atoms. The Morgan fingerprint density at radius 1 is 1.75 bits per heavy atom. The predicted molar refractivity (Wildman–Crippen MR) is 31.7 cm³/mol. The number of hydrogen-bond donors (Lipinski definition) is 1. The van der Waals surface area contributed by atoms with Crippen LogP contribution in [0.3, 0.4) is 0 Å². The summed E-state index contributed by atoms with van der Waals surface area (Å²) in [7, 11) is 0. The molecule has 1 fully saturated rings. The molecule has 1 atom stereocenters. The van der Waals surface area contributed by atoms with Gasteiger partial charge < -0.3 is 5.32 Å². The minimum atomic E-state index is 0.315. The monoisotopic (exact) mass is 113 g/mol. The first-order chi connectivity index (χ1) is 3.80. The highest BCUT2D eigenvalue weighted by atomic mass is 16.1. The molecule has 46 valence electrons. The van der Waals surface area contributed by atoms with Crippen molar-refractivity contribution in [3.8, 4) is 0 Å². The maximum Gasteiger partial charge on any atom is 0.134 e. The summed E-state index contributed by atoms with van der Waals surface area (Å²) in [5.74, 6) is 0.644. The molecule has 1 rings (SSSR count). The molecule has 1 N–H and O–H groups in total. The van der Waals surface area contributed by atoms with Gasteiger partial charge in [-0.05, 0) is 19.9 Å². The number of Topliss-reactive ketones (excluding diaryl/α,β-unsaturated/α-hetero) is 1. The van der Waals surface area contributed by atoms with Crippen molar-refractivity contribution in [3.63, 3.8) is 0 Å². The highest BCUT2D eigenvalue weighted by molar-refractivity contribution is 5.78. The number of carbonyl (C=O) groups is 1. The minimum absolute atomic E-state index is 0.315. The van der Waals surface area contributed by atoms with Gasteiger partial charge in [0, 0.05) is 12.5 Å². The van der Waals surface area contributed by atoms with Crippen LogP contribution in [0.4, 0.5) is 0 Å². The molecule has 0 amide bonds. The van der Waals surface area contributed by atoms with Crippen molar-refractivity contribution < 1.29 is 4.79 Å². The standard InChI is InChI=1S/C6H11NO/c1-5(8)6-2-3-7-4-6/h6-7H,2-4H2,1H3/t6-/m0/s1. The van der Waals surface area contributed by atoms with Crippen LogP contribution in [-0.2, 0) is 4.79 Å². The zero-order valence-corrected chi connectivity index (χ0v) is 5.11. The summed E-state index contributed by atoms with van der Waals surface area (Å²) in [5, 5.41) is 3.13. The summed E-state index contributed by atoms with van der Waals surface area (Å²) in [6, 6.07) is 0. The van der Waals surface area contributed by atoms with E-state index < -0.39 is 0 Å². The molecule has 1 heterocycles. The third-order valence-electron chi connectivity index (χ3n) is 1.64. The van der Waals surface area contributed by atoms with Crippen molar-refractivity contribution in [2.24, 2.45) is 5.92 Å². The topological polar surface area (TPSA) is 29.1 Å². The van der Waals surface area contributed by atoms with Gasteiger partial charge >= 0.3 is 0 Å². The quantitative estimate of drug-likeness (QED) is 0.525. The van der Waals surface area contributed by atoms with Crippen molar-refractivity contribution in [2.75, 3.05) is 13.1 Å². The first-order valence-corrected chi connectivity index (χ1v) is 3.02. The molecule has 2 heteroatoms. The maximum absolute atomic E-state index is 10.6. The Balaban J connectivity index is 2.35. The number of ketones is 1. The summed E-state index contributed by atoms with van der Waals surface area (Å²) < 4.78 is 0. The fourth-order valence-corrected chi connectivity index (χ4v) is 1.00. The summed E-state index contributed by atoms with van der Waals surface area (Å²) in [4.78, 5) is 10.6. The molecule has 0 aromatic rings. The van der Waals surface area contributed by atoms with Gasteiger partial charge in [0.25, 0.3) is 0 Å². The van der Waals surface area contributed by atoms with Crippen LogP contribution in [-0.4, -0.2) is 18.9 Å². The fraction of sp³-hybridized carbons (Fsp3) is 0.833. The molecule has 0 saturated carbocycles. The summed E-state index contributed by atoms with van der Waals surface area (Å²) in [5.41, 5.74) is 0. The number of rotatable bonds is 1. The highest BCUT2D eigenvalue weighted by Gasteiger charge is 2.17. The fourth-order valence-electron chi connectivity index (χ4n) is 1.00. The van der Waals surface area contributed by atoms with Gasteiger partial charge in [0.1, 0.15) is 5.78 Å². The van der Waals surface area contributed by atoms with Crippen molar-refractivity contribution in [3.05, 3.63) is 0 Å². The second kappa shape index (κ2) is 2.27. The van der Waals surface area contributed by atoms with Crippen LogP contribution in [0.15, 0.2) is 0 Å². The molecule has 2 nitrogen and oxygen atoms in total. The average molecular weight is 113 g/mol. The van der Waals surface area contributed by atoms with E-state index in [1.807, 2.05) is 0 Å². The van der Waals surface area contributed by atoms with Crippen LogP contribution in [0.25, 0.3) is 0 Å². The molecule has 1 aliphatic rings. The van der Waals surface area contributed by atoms with Crippen LogP contribution in [0, 0.1) is 5.92 Å². The normalized spacial score (nSPS) is 28.4. The third kappa shape index (κ3) is 1.07. The van der Waals surface area contributed by atoms with E-state index in [1.54, 1.807) is 6.92 Å². The first-order valence-electron chi connectivity index (χ1n) is 3.02. The number of hydrogen-bond acceptors (Lipinski definition) is 2. The van der Waals surface area contributed by atoms with E-state index in [-0.39, 0.29) is 0 Å². The van der Waals surface area contributed by atoms with E-state index in [2.05, 4.69) is 5.32 Å². The van der Waals surface area contributed by atoms with E-state index in [9.17, 15) is 4.79 Å². The lowest BCUT2D eigenvalue weighted by Gasteiger charge is -1.98. The van der Waals surface area contributed by atoms with Crippen LogP contribution in [0.1, 0.15) is 13.3 Å². The molecule has 0 spiro atoms. The second-order valence-electron chi connectivity index (χ2n) is 2.30. The average Bonchev–Trinajstić information content (AvgIpc) is 2.12. The Kier molecular flexibility index (Phi) is 1.63. The van der Waals surface area contributed by atoms with Gasteiger partial charge in [0.2, 0.25) is 0 Å². The van der Waals surface area contributed by atoms with Crippen LogP contribution >= 0.6 is 0 Å². The van der Waals surface area contributed by atoms with Crippen LogP contribution in [0.2, 0.25) is 0 Å². The summed E-state index contributed by atoms with van der Waals surface area (Å²) >= 11 is 0. The van der Waals surface area contributed by atoms with E-state index in [4.69, 9.17) is 0 Å². The lowest BCUT2D eigenvalue weighted by Crippen LogP contribution is -2.14. The zero-order chi connectivity index (χ0) is 5.98. The van der Waals surface area contributed by atoms with Gasteiger partial charge in [-0.2, -0.15) is 0 Å². The van der Waals surface area contributed by atoms with Gasteiger partial charge in [-0.3, -0.25) is 4.79 Å². The maximum atomic E-state index is 10.6. The first kappa shape index (κ1) is 5.76. The highest BCUT2D eigenvalue weighted by Crippen LogP contribution is 2.06. The molecule has 1 aliphatic heterocycles. The molecular weight excluding hydrogens is 102 g/mol. The molecular formula is C6H11NO. The van der Waals surface area contributed by atoms with Gasteiger partial charge in [0.05, 0.1) is 0 Å². The van der Waals surface area contributed by atoms with Crippen molar-refractivity contribution in [1.82, 2.24) is 5.32 Å². The zero-order valence-electron chi connectivity index (χ0n) is 5.11. The SMILES string of the molecule is CC(=O)[C@H]1CCNC1. The summed E-state index contributed by atoms with van der Waals surface area (Å²) in [6.45, 7) is 3.58. The predicted octanol–water partition coefficient (Wildman–Crippen LogP) is 0.185. The molecule has 1 saturated heterocycles. The Labute approximate surface area is 49.3 Å².